The van der Waals surface area contributed by atoms with Crippen molar-refractivity contribution in [2.75, 3.05) is 7.11 Å². The lowest BCUT2D eigenvalue weighted by atomic mass is 10.1. The highest BCUT2D eigenvalue weighted by Crippen LogP contribution is 2.32. The maximum absolute atomic E-state index is 11.9. The van der Waals surface area contributed by atoms with Crippen LogP contribution in [0.25, 0.3) is 0 Å². The number of carbonyl (C=O) groups is 2. The quantitative estimate of drug-likeness (QED) is 0.850. The highest BCUT2D eigenvalue weighted by Gasteiger charge is 2.23. The van der Waals surface area contributed by atoms with Crippen molar-refractivity contribution in [2.45, 2.75) is 38.1 Å². The van der Waals surface area contributed by atoms with Crippen LogP contribution in [0.3, 0.4) is 0 Å². The molecule has 2 rings (SSSR count). The molecule has 1 N–H and O–H groups in total. The average molecular weight is 296 g/mol. The Morgan fingerprint density at radius 2 is 2.20 bits per heavy atom. The largest absolute Gasteiger partial charge is 0.469 e. The van der Waals surface area contributed by atoms with Gasteiger partial charge in [0.1, 0.15) is 0 Å². The summed E-state index contributed by atoms with van der Waals surface area (Å²) in [7, 11) is 1.35. The predicted octanol–water partition coefficient (Wildman–Crippen LogP) is 2.79. The molecular formula is C15H18ClNO3. The fourth-order valence-corrected chi connectivity index (χ4v) is 2.69. The lowest BCUT2D eigenvalue weighted by Gasteiger charge is -2.14. The summed E-state index contributed by atoms with van der Waals surface area (Å²) in [6.45, 7) is 0. The van der Waals surface area contributed by atoms with Gasteiger partial charge in [0.25, 0.3) is 0 Å². The van der Waals surface area contributed by atoms with Gasteiger partial charge >= 0.3 is 5.97 Å². The fraction of sp³-hybridized carbons (Fsp3) is 0.467. The van der Waals surface area contributed by atoms with Crippen molar-refractivity contribution in [2.24, 2.45) is 0 Å². The third kappa shape index (κ3) is 3.73. The van der Waals surface area contributed by atoms with Gasteiger partial charge in [-0.1, -0.05) is 17.7 Å². The smallest absolute Gasteiger partial charge is 0.305 e. The molecular weight excluding hydrogens is 278 g/mol. The molecule has 1 atom stereocenters. The Bertz CT molecular complexity index is 516. The molecule has 5 heteroatoms. The van der Waals surface area contributed by atoms with Gasteiger partial charge in [-0.3, -0.25) is 9.59 Å². The molecule has 0 heterocycles. The van der Waals surface area contributed by atoms with Crippen LogP contribution in [0.2, 0.25) is 5.02 Å². The summed E-state index contributed by atoms with van der Waals surface area (Å²) in [5.41, 5.74) is 2.35. The Morgan fingerprint density at radius 3 is 2.95 bits per heavy atom. The van der Waals surface area contributed by atoms with Crippen LogP contribution in [0, 0.1) is 0 Å². The third-order valence-electron chi connectivity index (χ3n) is 3.53. The molecule has 1 amide bonds. The first-order valence-corrected chi connectivity index (χ1v) is 7.12. The van der Waals surface area contributed by atoms with Gasteiger partial charge in [0, 0.05) is 17.9 Å². The highest BCUT2D eigenvalue weighted by atomic mass is 35.5. The van der Waals surface area contributed by atoms with Gasteiger partial charge in [-0.25, -0.2) is 0 Å². The highest BCUT2D eigenvalue weighted by molar-refractivity contribution is 6.30. The van der Waals surface area contributed by atoms with E-state index >= 15 is 0 Å². The van der Waals surface area contributed by atoms with Crippen LogP contribution < -0.4 is 5.32 Å². The van der Waals surface area contributed by atoms with Crippen molar-refractivity contribution in [3.05, 3.63) is 34.3 Å². The van der Waals surface area contributed by atoms with E-state index in [1.807, 2.05) is 18.2 Å². The minimum Gasteiger partial charge on any atom is -0.469 e. The molecule has 1 aliphatic carbocycles. The number of benzene rings is 1. The van der Waals surface area contributed by atoms with Crippen LogP contribution in [-0.4, -0.2) is 19.0 Å². The molecule has 4 nitrogen and oxygen atoms in total. The Balaban J connectivity index is 1.83. The Kier molecular flexibility index (Phi) is 5.01. The lowest BCUT2D eigenvalue weighted by Crippen LogP contribution is -2.26. The average Bonchev–Trinajstić information content (AvgIpc) is 2.80. The van der Waals surface area contributed by atoms with Crippen LogP contribution in [0.15, 0.2) is 18.2 Å². The Hall–Kier alpha value is -1.55. The van der Waals surface area contributed by atoms with Gasteiger partial charge in [-0.2, -0.15) is 0 Å². The molecule has 0 fully saturated rings. The number of esters is 1. The summed E-state index contributed by atoms with van der Waals surface area (Å²) < 4.78 is 4.54. The SMILES string of the molecule is COC(=O)CCCC(=O)N[C@@H]1CCc2cc(Cl)ccc21. The van der Waals surface area contributed by atoms with Gasteiger partial charge in [0.15, 0.2) is 0 Å². The second kappa shape index (κ2) is 6.75. The van der Waals surface area contributed by atoms with Gasteiger partial charge < -0.3 is 10.1 Å². The van der Waals surface area contributed by atoms with Crippen LogP contribution in [0.1, 0.15) is 42.9 Å². The number of aryl methyl sites for hydroxylation is 1. The van der Waals surface area contributed by atoms with Crippen molar-refractivity contribution in [3.63, 3.8) is 0 Å². The number of hydrogen-bond donors (Lipinski definition) is 1. The third-order valence-corrected chi connectivity index (χ3v) is 3.77. The number of fused-ring (bicyclic) bond motifs is 1. The van der Waals surface area contributed by atoms with Crippen LogP contribution in [-0.2, 0) is 20.7 Å². The molecule has 0 unspecified atom stereocenters. The van der Waals surface area contributed by atoms with Crippen molar-refractivity contribution in [3.8, 4) is 0 Å². The molecule has 0 radical (unpaired) electrons. The van der Waals surface area contributed by atoms with Crippen LogP contribution in [0.4, 0.5) is 0 Å². The first kappa shape index (κ1) is 14.9. The number of ether oxygens (including phenoxy) is 1. The summed E-state index contributed by atoms with van der Waals surface area (Å²) in [5, 5.41) is 3.74. The van der Waals surface area contributed by atoms with E-state index in [0.29, 0.717) is 12.8 Å². The number of amides is 1. The minimum atomic E-state index is -0.279. The molecule has 0 bridgehead atoms. The number of rotatable bonds is 5. The van der Waals surface area contributed by atoms with E-state index in [0.717, 1.165) is 23.4 Å². The second-order valence-corrected chi connectivity index (χ2v) is 5.37. The molecule has 0 spiro atoms. The van der Waals surface area contributed by atoms with E-state index < -0.39 is 0 Å². The van der Waals surface area contributed by atoms with E-state index in [1.54, 1.807) is 0 Å². The zero-order valence-corrected chi connectivity index (χ0v) is 12.2. The monoisotopic (exact) mass is 295 g/mol. The first-order valence-electron chi connectivity index (χ1n) is 6.74. The predicted molar refractivity (Wildman–Crippen MR) is 76.5 cm³/mol. The minimum absolute atomic E-state index is 0.0262. The van der Waals surface area contributed by atoms with Gasteiger partial charge in [-0.15, -0.1) is 0 Å². The summed E-state index contributed by atoms with van der Waals surface area (Å²) in [4.78, 5) is 22.8. The molecule has 1 aliphatic rings. The molecule has 0 saturated carbocycles. The number of halogens is 1. The lowest BCUT2D eigenvalue weighted by molar-refractivity contribution is -0.140. The molecule has 1 aromatic rings. The zero-order chi connectivity index (χ0) is 14.5. The van der Waals surface area contributed by atoms with E-state index in [-0.39, 0.29) is 24.3 Å². The maximum atomic E-state index is 11.9. The Morgan fingerprint density at radius 1 is 1.40 bits per heavy atom. The first-order chi connectivity index (χ1) is 9.60. The molecule has 108 valence electrons. The molecule has 0 saturated heterocycles. The van der Waals surface area contributed by atoms with Crippen molar-refractivity contribution in [1.82, 2.24) is 5.32 Å². The second-order valence-electron chi connectivity index (χ2n) is 4.93. The van der Waals surface area contributed by atoms with E-state index in [2.05, 4.69) is 10.1 Å². The number of nitrogens with one attached hydrogen (secondary N) is 1. The topological polar surface area (TPSA) is 55.4 Å². The zero-order valence-electron chi connectivity index (χ0n) is 11.4. The molecule has 0 aromatic heterocycles. The summed E-state index contributed by atoms with van der Waals surface area (Å²) in [6.07, 6.45) is 2.97. The van der Waals surface area contributed by atoms with Gasteiger partial charge in [0.2, 0.25) is 5.91 Å². The summed E-state index contributed by atoms with van der Waals surface area (Å²) >= 11 is 5.96. The molecule has 20 heavy (non-hydrogen) atoms. The molecule has 0 aliphatic heterocycles. The number of carbonyl (C=O) groups excluding carboxylic acids is 2. The van der Waals surface area contributed by atoms with Gasteiger partial charge in [0.05, 0.1) is 13.2 Å². The summed E-state index contributed by atoms with van der Waals surface area (Å²) in [5.74, 6) is -0.305. The van der Waals surface area contributed by atoms with Crippen LogP contribution >= 0.6 is 11.6 Å². The maximum Gasteiger partial charge on any atom is 0.305 e. The van der Waals surface area contributed by atoms with E-state index in [4.69, 9.17) is 11.6 Å². The van der Waals surface area contributed by atoms with E-state index in [1.165, 1.54) is 12.7 Å². The summed E-state index contributed by atoms with van der Waals surface area (Å²) in [6, 6.07) is 5.85. The van der Waals surface area contributed by atoms with Crippen LogP contribution in [0.5, 0.6) is 0 Å². The molecule has 1 aromatic carbocycles. The van der Waals surface area contributed by atoms with Crippen molar-refractivity contribution >= 4 is 23.5 Å². The normalized spacial score (nSPS) is 16.6. The van der Waals surface area contributed by atoms with E-state index in [9.17, 15) is 9.59 Å². The fourth-order valence-electron chi connectivity index (χ4n) is 2.50. The van der Waals surface area contributed by atoms with Crippen molar-refractivity contribution in [1.29, 1.82) is 0 Å². The number of methoxy groups -OCH3 is 1. The standard InChI is InChI=1S/C15H18ClNO3/c1-20-15(19)4-2-3-14(18)17-13-8-5-10-9-11(16)6-7-12(10)13/h6-7,9,13H,2-5,8H2,1H3,(H,17,18)/t13-/m1/s1. The number of hydrogen-bond acceptors (Lipinski definition) is 3. The van der Waals surface area contributed by atoms with Crippen molar-refractivity contribution < 1.29 is 14.3 Å². The van der Waals surface area contributed by atoms with Gasteiger partial charge in [-0.05, 0) is 42.5 Å². The Labute approximate surface area is 123 Å².